The van der Waals surface area contributed by atoms with E-state index >= 15 is 0 Å². The molecule has 132 valence electrons. The second-order valence-electron chi connectivity index (χ2n) is 6.76. The molecular formula is C20H26N4O. The van der Waals surface area contributed by atoms with Crippen LogP contribution in [0, 0.1) is 13.8 Å². The van der Waals surface area contributed by atoms with E-state index in [-0.39, 0.29) is 5.91 Å². The van der Waals surface area contributed by atoms with Crippen LogP contribution in [0.15, 0.2) is 36.4 Å². The first-order chi connectivity index (χ1) is 12.1. The van der Waals surface area contributed by atoms with Crippen molar-refractivity contribution in [2.24, 2.45) is 0 Å². The predicted molar refractivity (Wildman–Crippen MR) is 99.5 cm³/mol. The number of aryl methyl sites for hydroxylation is 3. The molecule has 1 N–H and O–H groups in total. The normalized spacial score (nSPS) is 15.2. The Kier molecular flexibility index (Phi) is 5.64. The van der Waals surface area contributed by atoms with Crippen LogP contribution in [0.5, 0.6) is 0 Å². The Morgan fingerprint density at radius 1 is 1.12 bits per heavy atom. The van der Waals surface area contributed by atoms with Gasteiger partial charge >= 0.3 is 0 Å². The fourth-order valence-corrected chi connectivity index (χ4v) is 3.30. The van der Waals surface area contributed by atoms with Gasteiger partial charge in [0.15, 0.2) is 0 Å². The zero-order valence-electron chi connectivity index (χ0n) is 15.0. The highest BCUT2D eigenvalue weighted by atomic mass is 16.2. The van der Waals surface area contributed by atoms with Gasteiger partial charge < -0.3 is 10.2 Å². The van der Waals surface area contributed by atoms with Crippen molar-refractivity contribution >= 4 is 11.9 Å². The van der Waals surface area contributed by atoms with E-state index in [1.165, 1.54) is 5.56 Å². The number of piperidine rings is 1. The van der Waals surface area contributed by atoms with Gasteiger partial charge in [-0.25, -0.2) is 9.97 Å². The van der Waals surface area contributed by atoms with Gasteiger partial charge in [-0.15, -0.1) is 0 Å². The molecule has 0 bridgehead atoms. The van der Waals surface area contributed by atoms with Crippen molar-refractivity contribution in [3.8, 4) is 0 Å². The Labute approximate surface area is 149 Å². The van der Waals surface area contributed by atoms with Crippen LogP contribution >= 0.6 is 0 Å². The van der Waals surface area contributed by atoms with Crippen LogP contribution in [-0.4, -0.2) is 39.9 Å². The molecule has 0 spiro atoms. The molecular weight excluding hydrogens is 312 g/mol. The molecule has 0 unspecified atom stereocenters. The molecule has 1 aromatic heterocycles. The van der Waals surface area contributed by atoms with Crippen LogP contribution in [0.1, 0.15) is 36.2 Å². The molecule has 1 aliphatic rings. The van der Waals surface area contributed by atoms with Gasteiger partial charge in [0.2, 0.25) is 11.9 Å². The van der Waals surface area contributed by atoms with Crippen molar-refractivity contribution < 1.29 is 4.79 Å². The smallest absolute Gasteiger partial charge is 0.223 e. The average Bonchev–Trinajstić information content (AvgIpc) is 2.60. The van der Waals surface area contributed by atoms with E-state index in [4.69, 9.17) is 0 Å². The number of nitrogens with one attached hydrogen (secondary N) is 1. The number of aromatic nitrogens is 2. The highest BCUT2D eigenvalue weighted by Gasteiger charge is 2.23. The molecule has 2 heterocycles. The Morgan fingerprint density at radius 2 is 1.76 bits per heavy atom. The summed E-state index contributed by atoms with van der Waals surface area (Å²) in [5.74, 6) is 0.955. The van der Waals surface area contributed by atoms with Crippen LogP contribution in [0.2, 0.25) is 0 Å². The highest BCUT2D eigenvalue weighted by Crippen LogP contribution is 2.16. The predicted octanol–water partition coefficient (Wildman–Crippen LogP) is 3.13. The molecule has 5 nitrogen and oxygen atoms in total. The van der Waals surface area contributed by atoms with Gasteiger partial charge in [-0.2, -0.15) is 0 Å². The third-order valence-electron chi connectivity index (χ3n) is 4.63. The Hall–Kier alpha value is -2.43. The van der Waals surface area contributed by atoms with Gasteiger partial charge in [0.25, 0.3) is 0 Å². The molecule has 1 amide bonds. The van der Waals surface area contributed by atoms with Gasteiger partial charge in [0.05, 0.1) is 0 Å². The summed E-state index contributed by atoms with van der Waals surface area (Å²) >= 11 is 0. The number of rotatable bonds is 5. The molecule has 1 aromatic carbocycles. The van der Waals surface area contributed by atoms with Crippen molar-refractivity contribution in [3.05, 3.63) is 53.3 Å². The van der Waals surface area contributed by atoms with Crippen molar-refractivity contribution in [1.29, 1.82) is 0 Å². The van der Waals surface area contributed by atoms with Crippen LogP contribution in [-0.2, 0) is 11.2 Å². The minimum absolute atomic E-state index is 0.255. The number of likely N-dealkylation sites (tertiary alicyclic amines) is 1. The number of anilines is 1. The third-order valence-corrected chi connectivity index (χ3v) is 4.63. The summed E-state index contributed by atoms with van der Waals surface area (Å²) in [5, 5.41) is 3.42. The summed E-state index contributed by atoms with van der Waals surface area (Å²) in [6, 6.07) is 12.5. The maximum absolute atomic E-state index is 12.4. The van der Waals surface area contributed by atoms with E-state index in [2.05, 4.69) is 27.4 Å². The van der Waals surface area contributed by atoms with Crippen molar-refractivity contribution in [3.63, 3.8) is 0 Å². The lowest BCUT2D eigenvalue weighted by molar-refractivity contribution is -0.132. The molecule has 2 aromatic rings. The summed E-state index contributed by atoms with van der Waals surface area (Å²) in [6.07, 6.45) is 3.28. The van der Waals surface area contributed by atoms with Crippen molar-refractivity contribution in [2.75, 3.05) is 18.4 Å². The number of nitrogens with zero attached hydrogens (tertiary/aromatic N) is 3. The van der Waals surface area contributed by atoms with E-state index in [0.717, 1.165) is 43.7 Å². The Balaban J connectivity index is 1.45. The van der Waals surface area contributed by atoms with Crippen LogP contribution < -0.4 is 5.32 Å². The number of carbonyl (C=O) groups excluding carboxylic acids is 1. The molecule has 1 aliphatic heterocycles. The van der Waals surface area contributed by atoms with E-state index in [1.54, 1.807) is 0 Å². The van der Waals surface area contributed by atoms with Gasteiger partial charge in [0, 0.05) is 36.9 Å². The molecule has 0 radical (unpaired) electrons. The zero-order valence-corrected chi connectivity index (χ0v) is 15.0. The summed E-state index contributed by atoms with van der Waals surface area (Å²) in [6.45, 7) is 5.56. The molecule has 0 saturated carbocycles. The Morgan fingerprint density at radius 3 is 2.40 bits per heavy atom. The SMILES string of the molecule is Cc1cc(C)nc(NC2CCN(C(=O)CCc3ccccc3)CC2)n1. The van der Waals surface area contributed by atoms with Crippen molar-refractivity contribution in [2.45, 2.75) is 45.6 Å². The molecule has 1 saturated heterocycles. The molecule has 25 heavy (non-hydrogen) atoms. The molecule has 1 fully saturated rings. The summed E-state index contributed by atoms with van der Waals surface area (Å²) in [7, 11) is 0. The lowest BCUT2D eigenvalue weighted by Gasteiger charge is -2.32. The molecule has 0 atom stereocenters. The maximum Gasteiger partial charge on any atom is 0.223 e. The van der Waals surface area contributed by atoms with Gasteiger partial charge in [-0.3, -0.25) is 4.79 Å². The van der Waals surface area contributed by atoms with E-state index in [9.17, 15) is 4.79 Å². The van der Waals surface area contributed by atoms with Crippen LogP contribution in [0.25, 0.3) is 0 Å². The first kappa shape index (κ1) is 17.4. The number of carbonyl (C=O) groups is 1. The lowest BCUT2D eigenvalue weighted by atomic mass is 10.0. The second-order valence-corrected chi connectivity index (χ2v) is 6.76. The van der Waals surface area contributed by atoms with E-state index < -0.39 is 0 Å². The quantitative estimate of drug-likeness (QED) is 0.910. The molecule has 5 heteroatoms. The zero-order chi connectivity index (χ0) is 17.6. The highest BCUT2D eigenvalue weighted by molar-refractivity contribution is 5.76. The summed E-state index contributed by atoms with van der Waals surface area (Å²) < 4.78 is 0. The fraction of sp³-hybridized carbons (Fsp3) is 0.450. The largest absolute Gasteiger partial charge is 0.351 e. The standard InChI is InChI=1S/C20H26N4O/c1-15-14-16(2)22-20(21-15)23-18-10-12-24(13-11-18)19(25)9-8-17-6-4-3-5-7-17/h3-7,14,18H,8-13H2,1-2H3,(H,21,22,23). The lowest BCUT2D eigenvalue weighted by Crippen LogP contribution is -2.42. The minimum atomic E-state index is 0.255. The monoisotopic (exact) mass is 338 g/mol. The summed E-state index contributed by atoms with van der Waals surface area (Å²) in [4.78, 5) is 23.3. The summed E-state index contributed by atoms with van der Waals surface area (Å²) in [5.41, 5.74) is 3.17. The van der Waals surface area contributed by atoms with Crippen LogP contribution in [0.3, 0.4) is 0 Å². The van der Waals surface area contributed by atoms with Crippen molar-refractivity contribution in [1.82, 2.24) is 14.9 Å². The number of hydrogen-bond acceptors (Lipinski definition) is 4. The molecule has 0 aliphatic carbocycles. The maximum atomic E-state index is 12.4. The Bertz CT molecular complexity index is 689. The fourth-order valence-electron chi connectivity index (χ4n) is 3.30. The van der Waals surface area contributed by atoms with Gasteiger partial charge in [-0.1, -0.05) is 30.3 Å². The first-order valence-electron chi connectivity index (χ1n) is 9.00. The van der Waals surface area contributed by atoms with E-state index in [1.807, 2.05) is 43.0 Å². The topological polar surface area (TPSA) is 58.1 Å². The minimum Gasteiger partial charge on any atom is -0.351 e. The number of amides is 1. The second kappa shape index (κ2) is 8.10. The number of hydrogen-bond donors (Lipinski definition) is 1. The number of benzene rings is 1. The van der Waals surface area contributed by atoms with Crippen LogP contribution in [0.4, 0.5) is 5.95 Å². The van der Waals surface area contributed by atoms with Gasteiger partial charge in [0.1, 0.15) is 0 Å². The third kappa shape index (κ3) is 5.02. The van der Waals surface area contributed by atoms with E-state index in [0.29, 0.717) is 18.4 Å². The first-order valence-corrected chi connectivity index (χ1v) is 9.00. The molecule has 3 rings (SSSR count). The van der Waals surface area contributed by atoms with Gasteiger partial charge in [-0.05, 0) is 44.7 Å². The average molecular weight is 338 g/mol.